The third-order valence-electron chi connectivity index (χ3n) is 2.57. The van der Waals surface area contributed by atoms with E-state index in [0.717, 1.165) is 0 Å². The maximum absolute atomic E-state index is 11.0. The van der Waals surface area contributed by atoms with Gasteiger partial charge in [-0.25, -0.2) is 0 Å². The second kappa shape index (κ2) is 4.99. The van der Waals surface area contributed by atoms with Crippen LogP contribution in [0.3, 0.4) is 0 Å². The zero-order valence-electron chi connectivity index (χ0n) is 13.0. The zero-order chi connectivity index (χ0) is 16.8. The molecule has 1 aromatic rings. The molecule has 4 atom stereocenters. The van der Waals surface area contributed by atoms with Gasteiger partial charge in [-0.05, 0) is 6.04 Å². The van der Waals surface area contributed by atoms with E-state index in [0.29, 0.717) is 4.57 Å². The highest BCUT2D eigenvalue weighted by Gasteiger charge is 2.47. The Kier molecular flexibility index (Phi) is 2.37. The molecule has 0 unspecified atom stereocenters. The average Bonchev–Trinajstić information content (AvgIpc) is 2.73. The van der Waals surface area contributed by atoms with Crippen molar-refractivity contribution in [2.24, 2.45) is 0 Å². The van der Waals surface area contributed by atoms with E-state index in [4.69, 9.17) is 15.3 Å². The highest BCUT2D eigenvalue weighted by Crippen LogP contribution is 2.24. The third-order valence-corrected chi connectivity index (χ3v) is 2.57. The molecule has 98 valence electrons. The van der Waals surface area contributed by atoms with Gasteiger partial charge < -0.3 is 30.0 Å². The summed E-state index contributed by atoms with van der Waals surface area (Å²) in [7, 11) is 0. The SMILES string of the molecule is [2H]c1c([2H])c([2H])[n+]([C@@H]2O[C@H](CO)[C@@H](O)[C@H]2O)c([2H])c1C(=O)[O-]. The first-order valence-electron chi connectivity index (χ1n) is 7.08. The fourth-order valence-corrected chi connectivity index (χ4v) is 1.64. The van der Waals surface area contributed by atoms with E-state index in [-0.39, 0.29) is 0 Å². The Morgan fingerprint density at radius 2 is 2.28 bits per heavy atom. The molecule has 1 aliphatic heterocycles. The van der Waals surface area contributed by atoms with Crippen LogP contribution in [0.25, 0.3) is 0 Å². The number of carboxylic acids is 1. The molecule has 0 radical (unpaired) electrons. The molecule has 18 heavy (non-hydrogen) atoms. The number of aromatic nitrogens is 1. The summed E-state index contributed by atoms with van der Waals surface area (Å²) < 4.78 is 36.3. The number of hydrogen-bond donors (Lipinski definition) is 3. The Balaban J connectivity index is 2.64. The summed E-state index contributed by atoms with van der Waals surface area (Å²) in [5, 5.41) is 39.7. The monoisotopic (exact) mass is 259 g/mol. The summed E-state index contributed by atoms with van der Waals surface area (Å²) in [6.07, 6.45) is -7.52. The van der Waals surface area contributed by atoms with Gasteiger partial charge in [0.05, 0.1) is 20.9 Å². The van der Waals surface area contributed by atoms with Crippen LogP contribution in [0.2, 0.25) is 0 Å². The van der Waals surface area contributed by atoms with Crippen LogP contribution < -0.4 is 9.67 Å². The fraction of sp³-hybridized carbons (Fsp3) is 0.455. The highest BCUT2D eigenvalue weighted by molar-refractivity contribution is 5.84. The van der Waals surface area contributed by atoms with E-state index in [1.807, 2.05) is 0 Å². The van der Waals surface area contributed by atoms with Gasteiger partial charge in [-0.2, -0.15) is 4.57 Å². The van der Waals surface area contributed by atoms with E-state index in [9.17, 15) is 20.1 Å². The summed E-state index contributed by atoms with van der Waals surface area (Å²) in [6, 6.07) is -1.66. The van der Waals surface area contributed by atoms with Gasteiger partial charge in [-0.3, -0.25) is 0 Å². The first-order chi connectivity index (χ1) is 10.2. The minimum Gasteiger partial charge on any atom is -0.545 e. The Hall–Kier alpha value is -1.54. The van der Waals surface area contributed by atoms with Crippen molar-refractivity contribution in [3.8, 4) is 0 Å². The molecular weight excluding hydrogens is 242 g/mol. The van der Waals surface area contributed by atoms with Crippen molar-refractivity contribution in [1.29, 1.82) is 0 Å². The number of rotatable bonds is 3. The smallest absolute Gasteiger partial charge is 0.292 e. The van der Waals surface area contributed by atoms with Crippen molar-refractivity contribution in [3.63, 3.8) is 0 Å². The minimum absolute atomic E-state index is 0.565. The van der Waals surface area contributed by atoms with E-state index in [1.165, 1.54) is 0 Å². The highest BCUT2D eigenvalue weighted by atomic mass is 16.6. The van der Waals surface area contributed by atoms with Gasteiger partial charge in [0, 0.05) is 6.04 Å². The normalized spacial score (nSPS) is 34.6. The zero-order valence-corrected chi connectivity index (χ0v) is 9.03. The molecule has 0 bridgehead atoms. The van der Waals surface area contributed by atoms with Crippen LogP contribution in [-0.2, 0) is 4.74 Å². The van der Waals surface area contributed by atoms with E-state index >= 15 is 0 Å². The van der Waals surface area contributed by atoms with Gasteiger partial charge in [0.25, 0.3) is 6.23 Å². The third kappa shape index (κ3) is 2.21. The number of nitrogens with zero attached hydrogens (tertiary/aromatic N) is 1. The number of aliphatic hydroxyl groups excluding tert-OH is 3. The molecule has 1 saturated heterocycles. The van der Waals surface area contributed by atoms with Crippen LogP contribution in [0.5, 0.6) is 0 Å². The number of hydrogen-bond acceptors (Lipinski definition) is 6. The van der Waals surface area contributed by atoms with Crippen molar-refractivity contribution in [1.82, 2.24) is 0 Å². The summed E-state index contributed by atoms with van der Waals surface area (Å²) >= 11 is 0. The Morgan fingerprint density at radius 3 is 2.83 bits per heavy atom. The number of pyridine rings is 1. The van der Waals surface area contributed by atoms with Gasteiger partial charge >= 0.3 is 0 Å². The molecule has 2 rings (SSSR count). The van der Waals surface area contributed by atoms with Crippen molar-refractivity contribution in [3.05, 3.63) is 30.0 Å². The second-order valence-corrected chi connectivity index (χ2v) is 3.73. The summed E-state index contributed by atoms with van der Waals surface area (Å²) in [6.45, 7) is -0.645. The number of carboxylic acid groups (broad SMARTS) is 1. The van der Waals surface area contributed by atoms with Crippen LogP contribution in [0.1, 0.15) is 22.1 Å². The fourth-order valence-electron chi connectivity index (χ4n) is 1.64. The van der Waals surface area contributed by atoms with Gasteiger partial charge in [-0.15, -0.1) is 0 Å². The average molecular weight is 259 g/mol. The number of ether oxygens (including phenoxy) is 1. The van der Waals surface area contributed by atoms with Crippen LogP contribution >= 0.6 is 0 Å². The Labute approximate surface area is 108 Å². The van der Waals surface area contributed by atoms with E-state index in [1.54, 1.807) is 0 Å². The van der Waals surface area contributed by atoms with Gasteiger partial charge in [0.15, 0.2) is 18.4 Å². The molecule has 0 aliphatic carbocycles. The molecule has 0 aromatic carbocycles. The first kappa shape index (κ1) is 8.54. The molecule has 3 N–H and O–H groups in total. The first-order valence-corrected chi connectivity index (χ1v) is 5.08. The molecule has 0 saturated carbocycles. The van der Waals surface area contributed by atoms with E-state index in [2.05, 4.69) is 0 Å². The molecule has 1 fully saturated rings. The van der Waals surface area contributed by atoms with Gasteiger partial charge in [0.1, 0.15) is 14.9 Å². The van der Waals surface area contributed by atoms with Crippen molar-refractivity contribution in [2.75, 3.05) is 6.61 Å². The van der Waals surface area contributed by atoms with Crippen LogP contribution in [0.4, 0.5) is 0 Å². The topological polar surface area (TPSA) is 114 Å². The number of carbonyl (C=O) groups is 1. The summed E-state index contributed by atoms with van der Waals surface area (Å²) in [4.78, 5) is 11.0. The number of aromatic carboxylic acids is 1. The molecular formula is C11H13NO6. The van der Waals surface area contributed by atoms with Crippen molar-refractivity contribution in [2.45, 2.75) is 24.5 Å². The Morgan fingerprint density at radius 1 is 1.56 bits per heavy atom. The van der Waals surface area contributed by atoms with Gasteiger partial charge in [-0.1, -0.05) is 0 Å². The van der Waals surface area contributed by atoms with Crippen molar-refractivity contribution < 1.29 is 40.0 Å². The van der Waals surface area contributed by atoms with Crippen molar-refractivity contribution >= 4 is 5.97 Å². The lowest BCUT2D eigenvalue weighted by atomic mass is 10.1. The molecule has 1 aliphatic rings. The Bertz CT molecular complexity index is 627. The van der Waals surface area contributed by atoms with Crippen LogP contribution in [0.15, 0.2) is 24.4 Å². The predicted octanol–water partition coefficient (Wildman–Crippen LogP) is -3.05. The molecule has 2 heterocycles. The summed E-state index contributed by atoms with van der Waals surface area (Å²) in [5.41, 5.74) is -0.932. The summed E-state index contributed by atoms with van der Waals surface area (Å²) in [5.74, 6) is -1.89. The van der Waals surface area contributed by atoms with E-state index < -0.39 is 67.1 Å². The molecule has 0 amide bonds. The number of aliphatic hydroxyl groups is 3. The predicted molar refractivity (Wildman–Crippen MR) is 54.0 cm³/mol. The second-order valence-electron chi connectivity index (χ2n) is 3.73. The quantitative estimate of drug-likeness (QED) is 0.497. The van der Waals surface area contributed by atoms with Crippen LogP contribution in [0, 0.1) is 0 Å². The van der Waals surface area contributed by atoms with Gasteiger partial charge in [0.2, 0.25) is 0 Å². The molecule has 7 nitrogen and oxygen atoms in total. The lowest BCUT2D eigenvalue weighted by Crippen LogP contribution is -2.46. The standard InChI is InChI=1S/C11H13NO6/c13-5-7-8(14)9(15)10(18-7)12-3-1-2-6(4-12)11(16)17/h1-4,7-10,13-15H,5H2/t7-,8-,9-,10-/m1/s1/i1D,2D,3D,4D. The maximum Gasteiger partial charge on any atom is 0.292 e. The molecule has 7 heteroatoms. The minimum atomic E-state index is -1.89. The lowest BCUT2D eigenvalue weighted by Gasteiger charge is -2.10. The molecule has 0 spiro atoms. The largest absolute Gasteiger partial charge is 0.545 e. The lowest BCUT2D eigenvalue weighted by molar-refractivity contribution is -0.765. The van der Waals surface area contributed by atoms with Crippen LogP contribution in [-0.4, -0.2) is 46.2 Å². The number of carbonyl (C=O) groups excluding carboxylic acids is 1. The maximum atomic E-state index is 11.0. The molecule has 1 aromatic heterocycles.